The van der Waals surface area contributed by atoms with E-state index in [2.05, 4.69) is 20.9 Å². The predicted octanol–water partition coefficient (Wildman–Crippen LogP) is 2.74. The van der Waals surface area contributed by atoms with Crippen molar-refractivity contribution in [2.45, 2.75) is 26.7 Å². The average molecular weight is 370 g/mol. The van der Waals surface area contributed by atoms with Gasteiger partial charge in [0.15, 0.2) is 6.61 Å². The van der Waals surface area contributed by atoms with Crippen LogP contribution in [-0.4, -0.2) is 36.5 Å². The summed E-state index contributed by atoms with van der Waals surface area (Å²) in [7, 11) is 0. The van der Waals surface area contributed by atoms with Gasteiger partial charge in [0.05, 0.1) is 0 Å². The van der Waals surface area contributed by atoms with E-state index in [1.165, 1.54) is 0 Å². The van der Waals surface area contributed by atoms with Gasteiger partial charge < -0.3 is 20.7 Å². The first-order chi connectivity index (χ1) is 13.1. The molecule has 7 nitrogen and oxygen atoms in total. The lowest BCUT2D eigenvalue weighted by Crippen LogP contribution is -2.30. The zero-order valence-corrected chi connectivity index (χ0v) is 15.7. The summed E-state index contributed by atoms with van der Waals surface area (Å²) < 4.78 is 5.47. The summed E-state index contributed by atoms with van der Waals surface area (Å²) >= 11 is 0. The van der Waals surface area contributed by atoms with Crippen LogP contribution < -0.4 is 20.7 Å². The van der Waals surface area contributed by atoms with E-state index in [9.17, 15) is 9.59 Å². The number of hydrogen-bond acceptors (Lipinski definition) is 5. The minimum atomic E-state index is -0.188. The number of carbonyl (C=O) groups is 2. The summed E-state index contributed by atoms with van der Waals surface area (Å²) in [6.45, 7) is 4.97. The lowest BCUT2D eigenvalue weighted by molar-refractivity contribution is -0.123. The predicted molar refractivity (Wildman–Crippen MR) is 106 cm³/mol. The summed E-state index contributed by atoms with van der Waals surface area (Å²) in [6.07, 6.45) is 2.99. The van der Waals surface area contributed by atoms with Crippen LogP contribution in [0.25, 0.3) is 0 Å². The molecule has 0 fully saturated rings. The van der Waals surface area contributed by atoms with Gasteiger partial charge in [0, 0.05) is 37.5 Å². The molecule has 1 aromatic heterocycles. The highest BCUT2D eigenvalue weighted by molar-refractivity contribution is 5.90. The standard InChI is InChI=1S/C20H26N4O3/c1-3-19(25)24-16-6-4-7-17(12-16)27-14-20(26)22-11-5-10-21-18-9-8-15(2)13-23-18/h4,6-9,12-13H,3,5,10-11,14H2,1-2H3,(H,21,23)(H,22,26)(H,24,25). The maximum atomic E-state index is 11.9. The van der Waals surface area contributed by atoms with Gasteiger partial charge in [-0.15, -0.1) is 0 Å². The molecule has 2 aromatic rings. The van der Waals surface area contributed by atoms with Crippen molar-refractivity contribution in [1.82, 2.24) is 10.3 Å². The molecule has 0 bridgehead atoms. The molecule has 0 unspecified atom stereocenters. The average Bonchev–Trinajstić information content (AvgIpc) is 2.67. The molecule has 0 radical (unpaired) electrons. The van der Waals surface area contributed by atoms with Gasteiger partial charge in [-0.3, -0.25) is 9.59 Å². The summed E-state index contributed by atoms with van der Waals surface area (Å²) in [4.78, 5) is 27.5. The number of nitrogens with one attached hydrogen (secondary N) is 3. The van der Waals surface area contributed by atoms with Crippen molar-refractivity contribution < 1.29 is 14.3 Å². The number of nitrogens with zero attached hydrogens (tertiary/aromatic N) is 1. The molecule has 7 heteroatoms. The molecule has 0 saturated heterocycles. The molecule has 1 heterocycles. The Morgan fingerprint density at radius 1 is 1.11 bits per heavy atom. The zero-order valence-electron chi connectivity index (χ0n) is 15.7. The molecular formula is C20H26N4O3. The Bertz CT molecular complexity index is 747. The van der Waals surface area contributed by atoms with Gasteiger partial charge in [-0.1, -0.05) is 19.1 Å². The highest BCUT2D eigenvalue weighted by atomic mass is 16.5. The Kier molecular flexibility index (Phi) is 8.09. The van der Waals surface area contributed by atoms with Crippen molar-refractivity contribution in [3.63, 3.8) is 0 Å². The largest absolute Gasteiger partial charge is 0.484 e. The van der Waals surface area contributed by atoms with Gasteiger partial charge in [-0.2, -0.15) is 0 Å². The third-order valence-corrected chi connectivity index (χ3v) is 3.70. The number of rotatable bonds is 10. The van der Waals surface area contributed by atoms with E-state index >= 15 is 0 Å². The second-order valence-electron chi connectivity index (χ2n) is 6.07. The molecular weight excluding hydrogens is 344 g/mol. The van der Waals surface area contributed by atoms with Crippen molar-refractivity contribution in [1.29, 1.82) is 0 Å². The molecule has 3 N–H and O–H groups in total. The Labute approximate surface area is 159 Å². The summed E-state index contributed by atoms with van der Waals surface area (Å²) in [5.41, 5.74) is 1.77. The normalized spacial score (nSPS) is 10.1. The number of aromatic nitrogens is 1. The number of anilines is 2. The van der Waals surface area contributed by atoms with E-state index in [1.54, 1.807) is 31.2 Å². The molecule has 2 rings (SSSR count). The molecule has 0 saturated carbocycles. The molecule has 0 aliphatic rings. The number of ether oxygens (including phenoxy) is 1. The Morgan fingerprint density at radius 2 is 1.96 bits per heavy atom. The van der Waals surface area contributed by atoms with Gasteiger partial charge in [-0.05, 0) is 37.1 Å². The molecule has 0 aliphatic carbocycles. The van der Waals surface area contributed by atoms with Gasteiger partial charge in [-0.25, -0.2) is 4.98 Å². The first kappa shape index (κ1) is 20.2. The molecule has 27 heavy (non-hydrogen) atoms. The first-order valence-electron chi connectivity index (χ1n) is 9.02. The first-order valence-corrected chi connectivity index (χ1v) is 9.02. The minimum absolute atomic E-state index is 0.0701. The molecule has 1 aromatic carbocycles. The number of pyridine rings is 1. The third-order valence-electron chi connectivity index (χ3n) is 3.70. The number of hydrogen-bond donors (Lipinski definition) is 3. The smallest absolute Gasteiger partial charge is 0.257 e. The third kappa shape index (κ3) is 7.77. The molecule has 0 atom stereocenters. The highest BCUT2D eigenvalue weighted by Crippen LogP contribution is 2.17. The Balaban J connectivity index is 1.62. The van der Waals surface area contributed by atoms with Crippen LogP contribution in [0.3, 0.4) is 0 Å². The Morgan fingerprint density at radius 3 is 2.70 bits per heavy atom. The Hall–Kier alpha value is -3.09. The highest BCUT2D eigenvalue weighted by Gasteiger charge is 2.04. The van der Waals surface area contributed by atoms with E-state index in [-0.39, 0.29) is 18.4 Å². The lowest BCUT2D eigenvalue weighted by Gasteiger charge is -2.10. The van der Waals surface area contributed by atoms with Gasteiger partial charge in [0.2, 0.25) is 5.91 Å². The topological polar surface area (TPSA) is 92.3 Å². The molecule has 2 amide bonds. The van der Waals surface area contributed by atoms with Crippen molar-refractivity contribution in [2.75, 3.05) is 30.3 Å². The van der Waals surface area contributed by atoms with Crippen LogP contribution in [0, 0.1) is 6.92 Å². The van der Waals surface area contributed by atoms with Crippen LogP contribution in [0.1, 0.15) is 25.3 Å². The van der Waals surface area contributed by atoms with E-state index in [0.717, 1.165) is 24.3 Å². The second kappa shape index (κ2) is 10.8. The minimum Gasteiger partial charge on any atom is -0.484 e. The van der Waals surface area contributed by atoms with Crippen LogP contribution in [0.4, 0.5) is 11.5 Å². The van der Waals surface area contributed by atoms with Crippen molar-refractivity contribution in [3.05, 3.63) is 48.2 Å². The maximum Gasteiger partial charge on any atom is 0.257 e. The van der Waals surface area contributed by atoms with Gasteiger partial charge in [0.1, 0.15) is 11.6 Å². The number of carbonyl (C=O) groups excluding carboxylic acids is 2. The van der Waals surface area contributed by atoms with Crippen LogP contribution >= 0.6 is 0 Å². The molecule has 144 valence electrons. The lowest BCUT2D eigenvalue weighted by atomic mass is 10.3. The monoisotopic (exact) mass is 370 g/mol. The van der Waals surface area contributed by atoms with Crippen molar-refractivity contribution >= 4 is 23.3 Å². The number of aryl methyl sites for hydroxylation is 1. The van der Waals surface area contributed by atoms with E-state index in [1.807, 2.05) is 25.3 Å². The summed E-state index contributed by atoms with van der Waals surface area (Å²) in [6, 6.07) is 10.9. The molecule has 0 spiro atoms. The quantitative estimate of drug-likeness (QED) is 0.559. The van der Waals surface area contributed by atoms with Crippen LogP contribution in [0.2, 0.25) is 0 Å². The fourth-order valence-electron chi connectivity index (χ4n) is 2.22. The van der Waals surface area contributed by atoms with Crippen molar-refractivity contribution in [2.24, 2.45) is 0 Å². The summed E-state index contributed by atoms with van der Waals surface area (Å²) in [5.74, 6) is 1.10. The summed E-state index contributed by atoms with van der Waals surface area (Å²) in [5, 5.41) is 8.76. The number of amides is 2. The van der Waals surface area contributed by atoms with E-state index in [4.69, 9.17) is 4.74 Å². The second-order valence-corrected chi connectivity index (χ2v) is 6.07. The van der Waals surface area contributed by atoms with E-state index < -0.39 is 0 Å². The fourth-order valence-corrected chi connectivity index (χ4v) is 2.22. The van der Waals surface area contributed by atoms with E-state index in [0.29, 0.717) is 24.4 Å². The van der Waals surface area contributed by atoms with Crippen LogP contribution in [0.15, 0.2) is 42.6 Å². The molecule has 0 aliphatic heterocycles. The van der Waals surface area contributed by atoms with Crippen LogP contribution in [0.5, 0.6) is 5.75 Å². The maximum absolute atomic E-state index is 11.9. The number of benzene rings is 1. The van der Waals surface area contributed by atoms with Gasteiger partial charge in [0.25, 0.3) is 5.91 Å². The zero-order chi connectivity index (χ0) is 19.5. The SMILES string of the molecule is CCC(=O)Nc1cccc(OCC(=O)NCCCNc2ccc(C)cn2)c1. The van der Waals surface area contributed by atoms with Gasteiger partial charge >= 0.3 is 0 Å². The fraction of sp³-hybridized carbons (Fsp3) is 0.350. The van der Waals surface area contributed by atoms with Crippen molar-refractivity contribution in [3.8, 4) is 5.75 Å². The van der Waals surface area contributed by atoms with Crippen LogP contribution in [-0.2, 0) is 9.59 Å².